The van der Waals surface area contributed by atoms with Crippen LogP contribution < -0.4 is 11.1 Å². The van der Waals surface area contributed by atoms with Crippen LogP contribution in [0.2, 0.25) is 5.15 Å². The number of hydrogen-bond donors (Lipinski definition) is 2. The van der Waals surface area contributed by atoms with E-state index in [4.69, 9.17) is 17.3 Å². The molecule has 5 nitrogen and oxygen atoms in total. The Labute approximate surface area is 96.8 Å². The zero-order chi connectivity index (χ0) is 11.3. The summed E-state index contributed by atoms with van der Waals surface area (Å²) in [7, 11) is 0. The topological polar surface area (TPSA) is 80.9 Å². The number of aromatic nitrogens is 2. The number of nitrogens with zero attached hydrogens (tertiary/aromatic N) is 2. The number of hydrogen-bond acceptors (Lipinski definition) is 5. The molecule has 0 aliphatic rings. The van der Waals surface area contributed by atoms with Crippen molar-refractivity contribution >= 4 is 35.1 Å². The van der Waals surface area contributed by atoms with Gasteiger partial charge in [-0.25, -0.2) is 0 Å². The molecule has 0 radical (unpaired) electrons. The van der Waals surface area contributed by atoms with Crippen LogP contribution >= 0.6 is 23.4 Å². The lowest BCUT2D eigenvalue weighted by Crippen LogP contribution is -2.17. The second kappa shape index (κ2) is 5.77. The molecule has 0 fully saturated rings. The molecule has 1 aromatic rings. The minimum absolute atomic E-state index is 0.152. The molecule has 1 heterocycles. The van der Waals surface area contributed by atoms with Crippen molar-refractivity contribution < 1.29 is 4.79 Å². The second-order valence-electron chi connectivity index (χ2n) is 2.71. The first-order chi connectivity index (χ1) is 7.15. The zero-order valence-corrected chi connectivity index (χ0v) is 9.73. The van der Waals surface area contributed by atoms with Crippen LogP contribution in [-0.2, 0) is 0 Å². The molecule has 0 atom stereocenters. The van der Waals surface area contributed by atoms with E-state index in [1.54, 1.807) is 11.8 Å². The van der Waals surface area contributed by atoms with Gasteiger partial charge in [0.2, 0.25) is 0 Å². The Balaban J connectivity index is 2.81. The number of thioether (sulfide) groups is 1. The van der Waals surface area contributed by atoms with Crippen molar-refractivity contribution in [2.75, 3.05) is 23.9 Å². The Kier molecular flexibility index (Phi) is 4.64. The molecular formula is C8H11ClN4OS. The van der Waals surface area contributed by atoms with Gasteiger partial charge in [0, 0.05) is 12.3 Å². The molecule has 1 amide bonds. The highest BCUT2D eigenvalue weighted by Crippen LogP contribution is 2.14. The Bertz CT molecular complexity index is 360. The van der Waals surface area contributed by atoms with E-state index >= 15 is 0 Å². The first-order valence-corrected chi connectivity index (χ1v) is 5.98. The van der Waals surface area contributed by atoms with Crippen LogP contribution in [0.3, 0.4) is 0 Å². The molecule has 7 heteroatoms. The largest absolute Gasteiger partial charge is 0.367 e. The van der Waals surface area contributed by atoms with Gasteiger partial charge in [-0.3, -0.25) is 4.79 Å². The van der Waals surface area contributed by atoms with Gasteiger partial charge in [-0.1, -0.05) is 11.6 Å². The third kappa shape index (κ3) is 3.56. The van der Waals surface area contributed by atoms with Gasteiger partial charge in [0.25, 0.3) is 5.91 Å². The van der Waals surface area contributed by atoms with Gasteiger partial charge in [-0.2, -0.15) is 11.8 Å². The highest BCUT2D eigenvalue weighted by atomic mass is 35.5. The van der Waals surface area contributed by atoms with Gasteiger partial charge < -0.3 is 11.1 Å². The lowest BCUT2D eigenvalue weighted by Gasteiger charge is -2.07. The summed E-state index contributed by atoms with van der Waals surface area (Å²) in [6, 6.07) is 1.40. The highest BCUT2D eigenvalue weighted by molar-refractivity contribution is 7.98. The third-order valence-corrected chi connectivity index (χ3v) is 2.43. The minimum Gasteiger partial charge on any atom is -0.367 e. The first kappa shape index (κ1) is 12.1. The van der Waals surface area contributed by atoms with E-state index < -0.39 is 5.91 Å². The van der Waals surface area contributed by atoms with E-state index in [9.17, 15) is 4.79 Å². The summed E-state index contributed by atoms with van der Waals surface area (Å²) in [4.78, 5) is 11.1. The number of nitrogens with two attached hydrogens (primary N) is 1. The van der Waals surface area contributed by atoms with Gasteiger partial charge >= 0.3 is 0 Å². The predicted octanol–water partition coefficient (Wildman–Crippen LogP) is 1.00. The zero-order valence-electron chi connectivity index (χ0n) is 8.16. The van der Waals surface area contributed by atoms with Gasteiger partial charge in [-0.05, 0) is 12.3 Å². The van der Waals surface area contributed by atoms with Crippen molar-refractivity contribution in [3.8, 4) is 0 Å². The van der Waals surface area contributed by atoms with Crippen LogP contribution in [0.5, 0.6) is 0 Å². The van der Waals surface area contributed by atoms with E-state index in [1.165, 1.54) is 6.07 Å². The Morgan fingerprint density at radius 2 is 2.40 bits per heavy atom. The molecule has 0 aromatic carbocycles. The van der Waals surface area contributed by atoms with Crippen LogP contribution in [-0.4, -0.2) is 34.7 Å². The maximum Gasteiger partial charge on any atom is 0.252 e. The van der Waals surface area contributed by atoms with Crippen molar-refractivity contribution in [2.24, 2.45) is 5.73 Å². The highest BCUT2D eigenvalue weighted by Gasteiger charge is 2.10. The second-order valence-corrected chi connectivity index (χ2v) is 4.09. The summed E-state index contributed by atoms with van der Waals surface area (Å²) in [5, 5.41) is 10.5. The smallest absolute Gasteiger partial charge is 0.252 e. The lowest BCUT2D eigenvalue weighted by atomic mass is 10.2. The third-order valence-electron chi connectivity index (χ3n) is 1.63. The number of anilines is 1. The SMILES string of the molecule is CSCCNc1nnc(Cl)cc1C(N)=O. The van der Waals surface area contributed by atoms with Crippen LogP contribution in [0.1, 0.15) is 10.4 Å². The van der Waals surface area contributed by atoms with Crippen molar-refractivity contribution in [1.82, 2.24) is 10.2 Å². The Morgan fingerprint density at radius 3 is 3.00 bits per heavy atom. The van der Waals surface area contributed by atoms with Crippen molar-refractivity contribution in [3.63, 3.8) is 0 Å². The maximum absolute atomic E-state index is 11.1. The van der Waals surface area contributed by atoms with Gasteiger partial charge in [-0.15, -0.1) is 10.2 Å². The molecule has 0 aliphatic carbocycles. The van der Waals surface area contributed by atoms with Crippen LogP contribution in [0.25, 0.3) is 0 Å². The van der Waals surface area contributed by atoms with Crippen LogP contribution in [0, 0.1) is 0 Å². The summed E-state index contributed by atoms with van der Waals surface area (Å²) >= 11 is 7.29. The molecule has 3 N–H and O–H groups in total. The molecule has 0 bridgehead atoms. The molecule has 1 aromatic heterocycles. The van der Waals surface area contributed by atoms with Gasteiger partial charge in [0.1, 0.15) is 0 Å². The van der Waals surface area contributed by atoms with Gasteiger partial charge in [0.05, 0.1) is 5.56 Å². The summed E-state index contributed by atoms with van der Waals surface area (Å²) < 4.78 is 0. The number of rotatable bonds is 5. The number of carbonyl (C=O) groups excluding carboxylic acids is 1. The van der Waals surface area contributed by atoms with Crippen LogP contribution in [0.4, 0.5) is 5.82 Å². The number of primary amides is 1. The predicted molar refractivity (Wildman–Crippen MR) is 62.4 cm³/mol. The number of nitrogens with one attached hydrogen (secondary N) is 1. The monoisotopic (exact) mass is 246 g/mol. The van der Waals surface area contributed by atoms with E-state index in [0.717, 1.165) is 5.75 Å². The maximum atomic E-state index is 11.1. The number of carbonyl (C=O) groups is 1. The fraction of sp³-hybridized carbons (Fsp3) is 0.375. The number of halogens is 1. The molecule has 1 rings (SSSR count). The minimum atomic E-state index is -0.571. The van der Waals surface area contributed by atoms with E-state index in [0.29, 0.717) is 12.4 Å². The van der Waals surface area contributed by atoms with Crippen LogP contribution in [0.15, 0.2) is 6.07 Å². The summed E-state index contributed by atoms with van der Waals surface area (Å²) in [5.41, 5.74) is 5.44. The molecular weight excluding hydrogens is 236 g/mol. The molecule has 0 saturated heterocycles. The molecule has 15 heavy (non-hydrogen) atoms. The lowest BCUT2D eigenvalue weighted by molar-refractivity contribution is 0.100. The van der Waals surface area contributed by atoms with E-state index in [-0.39, 0.29) is 10.7 Å². The Morgan fingerprint density at radius 1 is 1.67 bits per heavy atom. The molecule has 0 unspecified atom stereocenters. The summed E-state index contributed by atoms with van der Waals surface area (Å²) in [5.74, 6) is 0.710. The van der Waals surface area contributed by atoms with Gasteiger partial charge in [0.15, 0.2) is 11.0 Å². The average molecular weight is 247 g/mol. The average Bonchev–Trinajstić information content (AvgIpc) is 2.20. The fourth-order valence-electron chi connectivity index (χ4n) is 0.958. The standard InChI is InChI=1S/C8H11ClN4OS/c1-15-3-2-11-8-5(7(10)14)4-6(9)12-13-8/h4H,2-3H2,1H3,(H2,10,14)(H,11,13). The molecule has 0 saturated carbocycles. The normalized spacial score (nSPS) is 10.0. The van der Waals surface area contributed by atoms with Crippen molar-refractivity contribution in [2.45, 2.75) is 0 Å². The fourth-order valence-corrected chi connectivity index (χ4v) is 1.41. The molecule has 0 aliphatic heterocycles. The quantitative estimate of drug-likeness (QED) is 0.758. The molecule has 0 spiro atoms. The summed E-state index contributed by atoms with van der Waals surface area (Å²) in [6.07, 6.45) is 1.99. The van der Waals surface area contributed by atoms with E-state index in [1.807, 2.05) is 6.26 Å². The number of amides is 1. The summed E-state index contributed by atoms with van der Waals surface area (Å²) in [6.45, 7) is 0.692. The van der Waals surface area contributed by atoms with Crippen molar-refractivity contribution in [3.05, 3.63) is 16.8 Å². The van der Waals surface area contributed by atoms with Crippen molar-refractivity contribution in [1.29, 1.82) is 0 Å². The molecule has 82 valence electrons. The first-order valence-electron chi connectivity index (χ1n) is 4.21. The Hall–Kier alpha value is -1.01. The van der Waals surface area contributed by atoms with E-state index in [2.05, 4.69) is 15.5 Å².